The molecule has 10 heteroatoms. The minimum Gasteiger partial charge on any atom is -0.451 e. The number of thiophene rings is 1. The van der Waals surface area contributed by atoms with Gasteiger partial charge in [-0.2, -0.15) is 0 Å². The van der Waals surface area contributed by atoms with Crippen molar-refractivity contribution in [3.8, 4) is 0 Å². The molecular formula is C22H30N4O5S. The summed E-state index contributed by atoms with van der Waals surface area (Å²) in [5.41, 5.74) is 5.87. The zero-order valence-corrected chi connectivity index (χ0v) is 19.4. The van der Waals surface area contributed by atoms with E-state index in [1.807, 2.05) is 19.9 Å². The maximum atomic E-state index is 13.0. The molecule has 32 heavy (non-hydrogen) atoms. The first-order chi connectivity index (χ1) is 15.4. The van der Waals surface area contributed by atoms with Crippen LogP contribution < -0.4 is 21.9 Å². The molecule has 174 valence electrons. The van der Waals surface area contributed by atoms with Gasteiger partial charge in [-0.25, -0.2) is 9.59 Å². The van der Waals surface area contributed by atoms with Gasteiger partial charge in [0.15, 0.2) is 12.3 Å². The van der Waals surface area contributed by atoms with E-state index in [4.69, 9.17) is 10.5 Å². The predicted octanol–water partition coefficient (Wildman–Crippen LogP) is 2.46. The SMILES string of the molecule is CCCCN(C(=O)COC(=O)c1cc2c(s1)CCCC2)c1c(N)n(CCC)c(=O)[nH]c1=O. The Labute approximate surface area is 190 Å². The molecule has 1 aliphatic carbocycles. The monoisotopic (exact) mass is 462 g/mol. The highest BCUT2D eigenvalue weighted by atomic mass is 32.1. The standard InChI is InChI=1S/C22H30N4O5S/c1-3-5-11-25(18-19(23)26(10-4-2)22(30)24-20(18)28)17(27)13-31-21(29)16-12-14-8-6-7-9-15(14)32-16/h12H,3-11,13,23H2,1-2H3,(H,24,28,30). The number of nitrogens with zero attached hydrogens (tertiary/aromatic N) is 2. The van der Waals surface area contributed by atoms with Crippen molar-refractivity contribution < 1.29 is 14.3 Å². The fourth-order valence-electron chi connectivity index (χ4n) is 3.83. The largest absolute Gasteiger partial charge is 0.451 e. The average molecular weight is 463 g/mol. The molecule has 0 atom stereocenters. The Morgan fingerprint density at radius 1 is 1.22 bits per heavy atom. The fraction of sp³-hybridized carbons (Fsp3) is 0.545. The Morgan fingerprint density at radius 2 is 1.97 bits per heavy atom. The van der Waals surface area contributed by atoms with Crippen molar-refractivity contribution in [2.24, 2.45) is 0 Å². The van der Waals surface area contributed by atoms with Crippen LogP contribution in [0.5, 0.6) is 0 Å². The van der Waals surface area contributed by atoms with E-state index >= 15 is 0 Å². The van der Waals surface area contributed by atoms with Crippen LogP contribution in [0.25, 0.3) is 0 Å². The number of ether oxygens (including phenoxy) is 1. The van der Waals surface area contributed by atoms with Gasteiger partial charge in [0, 0.05) is 18.0 Å². The van der Waals surface area contributed by atoms with Gasteiger partial charge in [-0.3, -0.25) is 19.1 Å². The molecule has 0 spiro atoms. The van der Waals surface area contributed by atoms with Gasteiger partial charge in [0.1, 0.15) is 10.7 Å². The molecule has 1 aliphatic rings. The fourth-order valence-corrected chi connectivity index (χ4v) is 4.98. The van der Waals surface area contributed by atoms with E-state index in [-0.39, 0.29) is 18.1 Å². The van der Waals surface area contributed by atoms with Crippen LogP contribution in [0.15, 0.2) is 15.7 Å². The summed E-state index contributed by atoms with van der Waals surface area (Å²) in [4.78, 5) is 55.3. The number of unbranched alkanes of at least 4 members (excludes halogenated alkanes) is 1. The number of carbonyl (C=O) groups excluding carboxylic acids is 2. The summed E-state index contributed by atoms with van der Waals surface area (Å²) in [5, 5.41) is 0. The number of hydrogen-bond acceptors (Lipinski definition) is 7. The summed E-state index contributed by atoms with van der Waals surface area (Å²) in [6, 6.07) is 1.85. The maximum absolute atomic E-state index is 13.0. The van der Waals surface area contributed by atoms with E-state index in [2.05, 4.69) is 4.98 Å². The topological polar surface area (TPSA) is 127 Å². The number of aryl methyl sites for hydroxylation is 2. The molecule has 9 nitrogen and oxygen atoms in total. The smallest absolute Gasteiger partial charge is 0.348 e. The Hall–Kier alpha value is -2.88. The van der Waals surface area contributed by atoms with Gasteiger partial charge >= 0.3 is 11.7 Å². The summed E-state index contributed by atoms with van der Waals surface area (Å²) < 4.78 is 6.53. The highest BCUT2D eigenvalue weighted by Crippen LogP contribution is 2.30. The first kappa shape index (κ1) is 23.8. The van der Waals surface area contributed by atoms with Crippen molar-refractivity contribution in [1.29, 1.82) is 0 Å². The number of hydrogen-bond donors (Lipinski definition) is 2. The van der Waals surface area contributed by atoms with E-state index in [0.717, 1.165) is 32.1 Å². The molecule has 0 aliphatic heterocycles. The molecule has 3 rings (SSSR count). The number of esters is 1. The molecule has 1 amide bonds. The van der Waals surface area contributed by atoms with Crippen LogP contribution >= 0.6 is 11.3 Å². The number of rotatable bonds is 9. The zero-order valence-electron chi connectivity index (χ0n) is 18.6. The van der Waals surface area contributed by atoms with E-state index in [1.54, 1.807) is 0 Å². The van der Waals surface area contributed by atoms with Crippen molar-refractivity contribution >= 4 is 34.7 Å². The number of H-pyrrole nitrogens is 1. The minimum atomic E-state index is -0.735. The van der Waals surface area contributed by atoms with Crippen LogP contribution in [-0.4, -0.2) is 34.6 Å². The number of anilines is 2. The van der Waals surface area contributed by atoms with Crippen LogP contribution in [-0.2, 0) is 28.9 Å². The van der Waals surface area contributed by atoms with Gasteiger partial charge in [-0.05, 0) is 50.2 Å². The molecule has 2 aromatic rings. The number of aromatic nitrogens is 2. The van der Waals surface area contributed by atoms with Gasteiger partial charge in [0.2, 0.25) is 0 Å². The molecule has 3 N–H and O–H groups in total. The molecule has 0 aromatic carbocycles. The molecule has 0 bridgehead atoms. The van der Waals surface area contributed by atoms with Crippen LogP contribution in [0.4, 0.5) is 11.5 Å². The third-order valence-corrected chi connectivity index (χ3v) is 6.71. The number of nitrogen functional groups attached to an aromatic ring is 1. The molecular weight excluding hydrogens is 432 g/mol. The van der Waals surface area contributed by atoms with E-state index in [1.165, 1.54) is 31.2 Å². The summed E-state index contributed by atoms with van der Waals surface area (Å²) in [6.07, 6.45) is 6.16. The first-order valence-corrected chi connectivity index (χ1v) is 11.9. The second-order valence-electron chi connectivity index (χ2n) is 7.89. The summed E-state index contributed by atoms with van der Waals surface area (Å²) in [5.74, 6) is -1.18. The average Bonchev–Trinajstić information content (AvgIpc) is 3.21. The summed E-state index contributed by atoms with van der Waals surface area (Å²) in [7, 11) is 0. The van der Waals surface area contributed by atoms with Crippen LogP contribution in [0, 0.1) is 0 Å². The number of carbonyl (C=O) groups is 2. The predicted molar refractivity (Wildman–Crippen MR) is 125 cm³/mol. The second kappa shape index (κ2) is 10.6. The van der Waals surface area contributed by atoms with E-state index in [0.29, 0.717) is 24.3 Å². The quantitative estimate of drug-likeness (QED) is 0.551. The number of nitrogens with two attached hydrogens (primary N) is 1. The lowest BCUT2D eigenvalue weighted by Crippen LogP contribution is -2.43. The van der Waals surface area contributed by atoms with Gasteiger partial charge in [0.05, 0.1) is 0 Å². The Morgan fingerprint density at radius 3 is 2.66 bits per heavy atom. The zero-order chi connectivity index (χ0) is 23.3. The molecule has 0 fully saturated rings. The number of nitrogens with one attached hydrogen (secondary N) is 1. The molecule has 0 unspecified atom stereocenters. The van der Waals surface area contributed by atoms with E-state index in [9.17, 15) is 19.2 Å². The summed E-state index contributed by atoms with van der Waals surface area (Å²) in [6.45, 7) is 3.84. The lowest BCUT2D eigenvalue weighted by Gasteiger charge is -2.24. The van der Waals surface area contributed by atoms with Crippen molar-refractivity contribution in [2.75, 3.05) is 23.8 Å². The van der Waals surface area contributed by atoms with Gasteiger partial charge in [0.25, 0.3) is 11.5 Å². The van der Waals surface area contributed by atoms with Crippen molar-refractivity contribution in [1.82, 2.24) is 9.55 Å². The van der Waals surface area contributed by atoms with Crippen LogP contribution in [0.1, 0.15) is 66.1 Å². The third kappa shape index (κ3) is 5.12. The third-order valence-electron chi connectivity index (χ3n) is 5.49. The second-order valence-corrected chi connectivity index (χ2v) is 9.02. The minimum absolute atomic E-state index is 0.0673. The molecule has 0 radical (unpaired) electrons. The highest BCUT2D eigenvalue weighted by Gasteiger charge is 2.25. The Kier molecular flexibility index (Phi) is 7.89. The highest BCUT2D eigenvalue weighted by molar-refractivity contribution is 7.14. The van der Waals surface area contributed by atoms with Gasteiger partial charge in [-0.1, -0.05) is 20.3 Å². The van der Waals surface area contributed by atoms with Crippen molar-refractivity contribution in [3.05, 3.63) is 42.2 Å². The molecule has 2 aromatic heterocycles. The van der Waals surface area contributed by atoms with Crippen molar-refractivity contribution in [2.45, 2.75) is 65.3 Å². The Bertz CT molecular complexity index is 1080. The number of fused-ring (bicyclic) bond motifs is 1. The first-order valence-electron chi connectivity index (χ1n) is 11.1. The van der Waals surface area contributed by atoms with Gasteiger partial charge < -0.3 is 15.4 Å². The Balaban J connectivity index is 1.80. The van der Waals surface area contributed by atoms with Gasteiger partial charge in [-0.15, -0.1) is 11.3 Å². The van der Waals surface area contributed by atoms with E-state index < -0.39 is 29.7 Å². The summed E-state index contributed by atoms with van der Waals surface area (Å²) >= 11 is 1.42. The van der Waals surface area contributed by atoms with Crippen molar-refractivity contribution in [3.63, 3.8) is 0 Å². The molecule has 0 saturated heterocycles. The lowest BCUT2D eigenvalue weighted by atomic mass is 9.99. The maximum Gasteiger partial charge on any atom is 0.348 e. The number of amides is 1. The molecule has 0 saturated carbocycles. The molecule has 2 heterocycles. The van der Waals surface area contributed by atoms with Crippen LogP contribution in [0.2, 0.25) is 0 Å². The normalized spacial score (nSPS) is 12.9. The lowest BCUT2D eigenvalue weighted by molar-refractivity contribution is -0.121. The number of aromatic amines is 1. The van der Waals surface area contributed by atoms with Crippen LogP contribution in [0.3, 0.4) is 0 Å².